The van der Waals surface area contributed by atoms with Crippen LogP contribution in [-0.2, 0) is 16.6 Å². The van der Waals surface area contributed by atoms with Crippen LogP contribution in [0.25, 0.3) is 0 Å². The summed E-state index contributed by atoms with van der Waals surface area (Å²) in [5.74, 6) is 0.423. The molecule has 2 aromatic rings. The fourth-order valence-corrected chi connectivity index (χ4v) is 2.37. The van der Waals surface area contributed by atoms with Gasteiger partial charge in [-0.3, -0.25) is 9.59 Å². The molecule has 0 aromatic carbocycles. The van der Waals surface area contributed by atoms with Crippen LogP contribution in [0.3, 0.4) is 0 Å². The van der Waals surface area contributed by atoms with E-state index in [0.29, 0.717) is 41.0 Å². The maximum Gasteiger partial charge on any atom is 0.260 e. The van der Waals surface area contributed by atoms with Gasteiger partial charge >= 0.3 is 0 Å². The van der Waals surface area contributed by atoms with E-state index in [1.54, 1.807) is 0 Å². The number of nitrogens with one attached hydrogen (secondary N) is 1. The predicted molar refractivity (Wildman–Crippen MR) is 85.2 cm³/mol. The number of nitrogens with two attached hydrogens (primary N) is 1. The Bertz CT molecular complexity index is 701. The number of hydrogen-bond acceptors (Lipinski definition) is 7. The SMILES string of the molecule is CC(C)(C)c1noc(CCCC(=O)Nc2ncc(C(N)=O)s2)n1. The highest BCUT2D eigenvalue weighted by Crippen LogP contribution is 2.19. The van der Waals surface area contributed by atoms with Crippen LogP contribution in [-0.4, -0.2) is 26.9 Å². The van der Waals surface area contributed by atoms with Gasteiger partial charge in [0.2, 0.25) is 11.8 Å². The van der Waals surface area contributed by atoms with E-state index in [9.17, 15) is 9.59 Å². The van der Waals surface area contributed by atoms with Gasteiger partial charge in [-0.2, -0.15) is 4.98 Å². The lowest BCUT2D eigenvalue weighted by Gasteiger charge is -2.10. The van der Waals surface area contributed by atoms with Crippen molar-refractivity contribution in [2.45, 2.75) is 45.4 Å². The van der Waals surface area contributed by atoms with Gasteiger partial charge < -0.3 is 15.6 Å². The number of nitrogens with zero attached hydrogens (tertiary/aromatic N) is 3. The second-order valence-electron chi connectivity index (χ2n) is 6.06. The first-order valence-corrected chi connectivity index (χ1v) is 7.96. The molecule has 2 heterocycles. The Morgan fingerprint density at radius 1 is 1.39 bits per heavy atom. The van der Waals surface area contributed by atoms with Crippen molar-refractivity contribution in [1.29, 1.82) is 0 Å². The lowest BCUT2D eigenvalue weighted by atomic mass is 9.96. The Morgan fingerprint density at radius 3 is 2.70 bits per heavy atom. The first-order valence-electron chi connectivity index (χ1n) is 7.14. The first-order chi connectivity index (χ1) is 10.8. The summed E-state index contributed by atoms with van der Waals surface area (Å²) in [5, 5.41) is 6.92. The molecule has 0 bridgehead atoms. The number of thiazole rings is 1. The molecule has 124 valence electrons. The highest BCUT2D eigenvalue weighted by molar-refractivity contribution is 7.17. The Hall–Kier alpha value is -2.29. The maximum atomic E-state index is 11.8. The van der Waals surface area contributed by atoms with Crippen LogP contribution in [0.2, 0.25) is 0 Å². The third-order valence-corrected chi connectivity index (χ3v) is 3.86. The van der Waals surface area contributed by atoms with Gasteiger partial charge in [0, 0.05) is 18.3 Å². The third-order valence-electron chi connectivity index (χ3n) is 2.93. The van der Waals surface area contributed by atoms with Gasteiger partial charge in [0.25, 0.3) is 5.91 Å². The molecule has 0 aliphatic rings. The molecule has 0 fully saturated rings. The molecule has 23 heavy (non-hydrogen) atoms. The van der Waals surface area contributed by atoms with Crippen molar-refractivity contribution >= 4 is 28.3 Å². The summed E-state index contributed by atoms with van der Waals surface area (Å²) in [6.07, 6.45) is 2.74. The van der Waals surface area contributed by atoms with Crippen LogP contribution in [0.15, 0.2) is 10.7 Å². The molecule has 2 aromatic heterocycles. The summed E-state index contributed by atoms with van der Waals surface area (Å²) in [5.41, 5.74) is 4.97. The fraction of sp³-hybridized carbons (Fsp3) is 0.500. The van der Waals surface area contributed by atoms with Gasteiger partial charge in [-0.1, -0.05) is 37.3 Å². The van der Waals surface area contributed by atoms with E-state index in [4.69, 9.17) is 10.3 Å². The van der Waals surface area contributed by atoms with Crippen molar-refractivity contribution < 1.29 is 14.1 Å². The highest BCUT2D eigenvalue weighted by atomic mass is 32.1. The number of carbonyl (C=O) groups excluding carboxylic acids is 2. The second-order valence-corrected chi connectivity index (χ2v) is 7.09. The van der Waals surface area contributed by atoms with E-state index in [1.807, 2.05) is 20.8 Å². The zero-order chi connectivity index (χ0) is 17.0. The number of aromatic nitrogens is 3. The van der Waals surface area contributed by atoms with Crippen LogP contribution >= 0.6 is 11.3 Å². The third kappa shape index (κ3) is 4.85. The van der Waals surface area contributed by atoms with Crippen LogP contribution in [0.4, 0.5) is 5.13 Å². The molecular weight excluding hydrogens is 318 g/mol. The maximum absolute atomic E-state index is 11.8. The van der Waals surface area contributed by atoms with Gasteiger partial charge in [0.15, 0.2) is 11.0 Å². The minimum absolute atomic E-state index is 0.165. The largest absolute Gasteiger partial charge is 0.365 e. The van der Waals surface area contributed by atoms with Crippen LogP contribution < -0.4 is 11.1 Å². The Morgan fingerprint density at radius 2 is 2.13 bits per heavy atom. The summed E-state index contributed by atoms with van der Waals surface area (Å²) in [6, 6.07) is 0. The van der Waals surface area contributed by atoms with Crippen molar-refractivity contribution in [3.63, 3.8) is 0 Å². The van der Waals surface area contributed by atoms with E-state index in [2.05, 4.69) is 20.4 Å². The molecule has 0 atom stereocenters. The minimum Gasteiger partial charge on any atom is -0.365 e. The number of primary amides is 1. The molecular formula is C14H19N5O3S. The molecule has 2 rings (SSSR count). The van der Waals surface area contributed by atoms with Gasteiger partial charge in [-0.25, -0.2) is 4.98 Å². The van der Waals surface area contributed by atoms with E-state index >= 15 is 0 Å². The van der Waals surface area contributed by atoms with Crippen molar-refractivity contribution in [2.24, 2.45) is 5.73 Å². The molecule has 0 spiro atoms. The lowest BCUT2D eigenvalue weighted by molar-refractivity contribution is -0.116. The molecule has 0 saturated heterocycles. The molecule has 0 radical (unpaired) electrons. The Labute approximate surface area is 137 Å². The predicted octanol–water partition coefficient (Wildman–Crippen LogP) is 1.88. The van der Waals surface area contributed by atoms with Gasteiger partial charge in [-0.15, -0.1) is 0 Å². The first kappa shape index (κ1) is 17.1. The summed E-state index contributed by atoms with van der Waals surface area (Å²) >= 11 is 1.05. The number of aryl methyl sites for hydroxylation is 1. The molecule has 9 heteroatoms. The highest BCUT2D eigenvalue weighted by Gasteiger charge is 2.20. The average Bonchev–Trinajstić information content (AvgIpc) is 3.07. The minimum atomic E-state index is -0.561. The molecule has 0 aliphatic heterocycles. The second kappa shape index (κ2) is 6.86. The zero-order valence-corrected chi connectivity index (χ0v) is 14.1. The Balaban J connectivity index is 1.78. The lowest BCUT2D eigenvalue weighted by Crippen LogP contribution is -2.13. The van der Waals surface area contributed by atoms with E-state index in [1.165, 1.54) is 6.20 Å². The standard InChI is InChI=1S/C14H19N5O3S/c1-14(2,3)12-18-10(22-19-12)6-4-5-9(20)17-13-16-7-8(23-13)11(15)21/h7H,4-6H2,1-3H3,(H2,15,21)(H,16,17,20). The van der Waals surface area contributed by atoms with Crippen molar-refractivity contribution in [3.05, 3.63) is 22.8 Å². The van der Waals surface area contributed by atoms with Crippen LogP contribution in [0, 0.1) is 0 Å². The number of rotatable bonds is 6. The molecule has 2 amide bonds. The summed E-state index contributed by atoms with van der Waals surface area (Å²) in [7, 11) is 0. The number of carbonyl (C=O) groups is 2. The molecule has 8 nitrogen and oxygen atoms in total. The summed E-state index contributed by atoms with van der Waals surface area (Å²) in [6.45, 7) is 6.01. The van der Waals surface area contributed by atoms with Gasteiger partial charge in [-0.05, 0) is 6.42 Å². The van der Waals surface area contributed by atoms with Gasteiger partial charge in [0.1, 0.15) is 4.88 Å². The molecule has 0 unspecified atom stereocenters. The topological polar surface area (TPSA) is 124 Å². The summed E-state index contributed by atoms with van der Waals surface area (Å²) < 4.78 is 5.17. The Kier molecular flexibility index (Phi) is 5.09. The van der Waals surface area contributed by atoms with Crippen molar-refractivity contribution in [1.82, 2.24) is 15.1 Å². The molecule has 0 saturated carbocycles. The summed E-state index contributed by atoms with van der Waals surface area (Å²) in [4.78, 5) is 31.3. The molecule has 0 aliphatic carbocycles. The van der Waals surface area contributed by atoms with Crippen molar-refractivity contribution in [2.75, 3.05) is 5.32 Å². The van der Waals surface area contributed by atoms with E-state index in [-0.39, 0.29) is 11.3 Å². The van der Waals surface area contributed by atoms with Crippen LogP contribution in [0.1, 0.15) is 55.0 Å². The van der Waals surface area contributed by atoms with E-state index in [0.717, 1.165) is 11.3 Å². The average molecular weight is 337 g/mol. The van der Waals surface area contributed by atoms with Crippen molar-refractivity contribution in [3.8, 4) is 0 Å². The number of hydrogen-bond donors (Lipinski definition) is 2. The smallest absolute Gasteiger partial charge is 0.260 e. The normalized spacial score (nSPS) is 11.4. The zero-order valence-electron chi connectivity index (χ0n) is 13.3. The number of amides is 2. The quantitative estimate of drug-likeness (QED) is 0.829. The van der Waals surface area contributed by atoms with Crippen LogP contribution in [0.5, 0.6) is 0 Å². The molecule has 3 N–H and O–H groups in total. The number of anilines is 1. The van der Waals surface area contributed by atoms with Gasteiger partial charge in [0.05, 0.1) is 6.20 Å². The fourth-order valence-electron chi connectivity index (χ4n) is 1.69. The van der Waals surface area contributed by atoms with E-state index < -0.39 is 5.91 Å². The monoisotopic (exact) mass is 337 g/mol.